The molecule has 1 aliphatic heterocycles. The Kier molecular flexibility index (Phi) is 5.09. The Morgan fingerprint density at radius 1 is 1.30 bits per heavy atom. The first-order valence-corrected chi connectivity index (χ1v) is 9.40. The van der Waals surface area contributed by atoms with Crippen molar-refractivity contribution < 1.29 is 9.53 Å². The van der Waals surface area contributed by atoms with Crippen molar-refractivity contribution in [2.45, 2.75) is 18.9 Å². The predicted molar refractivity (Wildman–Crippen MR) is 104 cm³/mol. The number of ether oxygens (including phenoxy) is 1. The monoisotopic (exact) mass is 384 g/mol. The fourth-order valence-corrected chi connectivity index (χ4v) is 3.75. The van der Waals surface area contributed by atoms with Crippen molar-refractivity contribution in [2.24, 2.45) is 0 Å². The van der Waals surface area contributed by atoms with Crippen LogP contribution < -0.4 is 0 Å². The Labute approximate surface area is 162 Å². The summed E-state index contributed by atoms with van der Waals surface area (Å²) in [4.78, 5) is 24.0. The van der Waals surface area contributed by atoms with Crippen LogP contribution in [-0.4, -0.2) is 52.1 Å². The summed E-state index contributed by atoms with van der Waals surface area (Å²) in [5.74, 6) is 1.20. The smallest absolute Gasteiger partial charge is 0.253 e. The molecule has 1 aliphatic rings. The minimum absolute atomic E-state index is 0.0341. The van der Waals surface area contributed by atoms with Gasteiger partial charge >= 0.3 is 0 Å². The maximum absolute atomic E-state index is 12.8. The molecule has 0 bridgehead atoms. The van der Waals surface area contributed by atoms with Crippen LogP contribution >= 0.6 is 11.6 Å². The van der Waals surface area contributed by atoms with Gasteiger partial charge in [-0.2, -0.15) is 0 Å². The molecule has 7 heteroatoms. The molecule has 3 heterocycles. The molecule has 140 valence electrons. The summed E-state index contributed by atoms with van der Waals surface area (Å²) in [6, 6.07) is 10.9. The molecule has 27 heavy (non-hydrogen) atoms. The minimum Gasteiger partial charge on any atom is -0.383 e. The van der Waals surface area contributed by atoms with Crippen LogP contribution in [0.4, 0.5) is 0 Å². The number of hydrogen-bond donors (Lipinski definition) is 0. The molecule has 1 fully saturated rings. The van der Waals surface area contributed by atoms with E-state index in [-0.39, 0.29) is 11.8 Å². The van der Waals surface area contributed by atoms with Crippen LogP contribution in [0, 0.1) is 0 Å². The van der Waals surface area contributed by atoms with Gasteiger partial charge in [-0.15, -0.1) is 0 Å². The van der Waals surface area contributed by atoms with E-state index in [1.165, 1.54) is 0 Å². The molecule has 4 rings (SSSR count). The topological polar surface area (TPSA) is 60.2 Å². The molecule has 6 nitrogen and oxygen atoms in total. The predicted octanol–water partition coefficient (Wildman–Crippen LogP) is 3.36. The number of carbonyl (C=O) groups is 1. The molecule has 0 spiro atoms. The lowest BCUT2D eigenvalue weighted by Crippen LogP contribution is -2.28. The number of aromatic nitrogens is 3. The summed E-state index contributed by atoms with van der Waals surface area (Å²) in [7, 11) is 1.69. The first-order chi connectivity index (χ1) is 13.2. The van der Waals surface area contributed by atoms with E-state index in [4.69, 9.17) is 21.3 Å². The quantitative estimate of drug-likeness (QED) is 0.676. The Hall–Kier alpha value is -2.44. The standard InChI is InChI=1S/C20H21ClN4O2/c1-27-12-11-25-18(23-17-3-2-9-22-19(17)25)15-8-10-24(13-15)20(26)14-4-6-16(21)7-5-14/h2-7,9,15H,8,10-13H2,1H3. The van der Waals surface area contributed by atoms with Crippen molar-refractivity contribution in [1.82, 2.24) is 19.4 Å². The number of benzene rings is 1. The number of pyridine rings is 1. The molecule has 1 atom stereocenters. The average Bonchev–Trinajstić information content (AvgIpc) is 3.31. The Bertz CT molecular complexity index is 954. The lowest BCUT2D eigenvalue weighted by atomic mass is 10.1. The number of imidazole rings is 1. The summed E-state index contributed by atoms with van der Waals surface area (Å²) in [5, 5.41) is 0.630. The zero-order chi connectivity index (χ0) is 18.8. The minimum atomic E-state index is 0.0341. The highest BCUT2D eigenvalue weighted by molar-refractivity contribution is 6.30. The van der Waals surface area contributed by atoms with Crippen LogP contribution in [0.25, 0.3) is 11.2 Å². The summed E-state index contributed by atoms with van der Waals surface area (Å²) in [5.41, 5.74) is 2.41. The van der Waals surface area contributed by atoms with Gasteiger partial charge in [-0.1, -0.05) is 11.6 Å². The third-order valence-corrected chi connectivity index (χ3v) is 5.24. The van der Waals surface area contributed by atoms with Crippen molar-refractivity contribution in [3.8, 4) is 0 Å². The fourth-order valence-electron chi connectivity index (χ4n) is 3.62. The normalized spacial score (nSPS) is 17.0. The SMILES string of the molecule is COCCn1c(C2CCN(C(=O)c3ccc(Cl)cc3)C2)nc2cccnc21. The van der Waals surface area contributed by atoms with Crippen LogP contribution in [-0.2, 0) is 11.3 Å². The number of amides is 1. The van der Waals surface area contributed by atoms with Crippen LogP contribution in [0.2, 0.25) is 5.02 Å². The van der Waals surface area contributed by atoms with Gasteiger partial charge in [-0.05, 0) is 42.8 Å². The van der Waals surface area contributed by atoms with Gasteiger partial charge in [0.1, 0.15) is 11.3 Å². The number of fused-ring (bicyclic) bond motifs is 1. The highest BCUT2D eigenvalue weighted by Crippen LogP contribution is 2.30. The van der Waals surface area contributed by atoms with Gasteiger partial charge in [0.05, 0.1) is 6.61 Å². The Balaban J connectivity index is 1.58. The average molecular weight is 385 g/mol. The molecule has 0 aliphatic carbocycles. The third kappa shape index (κ3) is 3.55. The second kappa shape index (κ2) is 7.66. The molecule has 2 aromatic heterocycles. The molecule has 1 unspecified atom stereocenters. The fraction of sp³-hybridized carbons (Fsp3) is 0.350. The molecule has 0 saturated carbocycles. The molecule has 1 saturated heterocycles. The zero-order valence-electron chi connectivity index (χ0n) is 15.1. The molecule has 0 N–H and O–H groups in total. The second-order valence-corrected chi connectivity index (χ2v) is 7.14. The van der Waals surface area contributed by atoms with E-state index >= 15 is 0 Å². The highest BCUT2D eigenvalue weighted by atomic mass is 35.5. The van der Waals surface area contributed by atoms with E-state index < -0.39 is 0 Å². The molecular formula is C20H21ClN4O2. The van der Waals surface area contributed by atoms with Gasteiger partial charge in [0.2, 0.25) is 0 Å². The largest absolute Gasteiger partial charge is 0.383 e. The number of rotatable bonds is 5. The molecular weight excluding hydrogens is 364 g/mol. The van der Waals surface area contributed by atoms with E-state index in [1.54, 1.807) is 37.6 Å². The van der Waals surface area contributed by atoms with Gasteiger partial charge in [-0.25, -0.2) is 9.97 Å². The molecule has 0 radical (unpaired) electrons. The highest BCUT2D eigenvalue weighted by Gasteiger charge is 2.31. The molecule has 3 aromatic rings. The van der Waals surface area contributed by atoms with E-state index in [1.807, 2.05) is 17.0 Å². The summed E-state index contributed by atoms with van der Waals surface area (Å²) >= 11 is 5.92. The Morgan fingerprint density at radius 2 is 2.11 bits per heavy atom. The number of methoxy groups -OCH3 is 1. The lowest BCUT2D eigenvalue weighted by molar-refractivity contribution is 0.0790. The zero-order valence-corrected chi connectivity index (χ0v) is 15.9. The third-order valence-electron chi connectivity index (χ3n) is 4.98. The maximum Gasteiger partial charge on any atom is 0.253 e. The van der Waals surface area contributed by atoms with Gasteiger partial charge in [0.25, 0.3) is 5.91 Å². The first-order valence-electron chi connectivity index (χ1n) is 9.02. The Morgan fingerprint density at radius 3 is 2.89 bits per heavy atom. The lowest BCUT2D eigenvalue weighted by Gasteiger charge is -2.17. The number of hydrogen-bond acceptors (Lipinski definition) is 4. The van der Waals surface area contributed by atoms with Gasteiger partial charge in [0.15, 0.2) is 5.65 Å². The van der Waals surface area contributed by atoms with Crippen molar-refractivity contribution >= 4 is 28.7 Å². The van der Waals surface area contributed by atoms with Crippen molar-refractivity contribution in [2.75, 3.05) is 26.8 Å². The van der Waals surface area contributed by atoms with Gasteiger partial charge in [-0.3, -0.25) is 4.79 Å². The van der Waals surface area contributed by atoms with E-state index in [0.717, 1.165) is 23.4 Å². The molecule has 1 amide bonds. The van der Waals surface area contributed by atoms with E-state index in [0.29, 0.717) is 36.8 Å². The van der Waals surface area contributed by atoms with Crippen LogP contribution in [0.5, 0.6) is 0 Å². The number of halogens is 1. The van der Waals surface area contributed by atoms with Crippen LogP contribution in [0.1, 0.15) is 28.5 Å². The number of likely N-dealkylation sites (tertiary alicyclic amines) is 1. The van der Waals surface area contributed by atoms with E-state index in [9.17, 15) is 4.79 Å². The second-order valence-electron chi connectivity index (χ2n) is 6.70. The first kappa shape index (κ1) is 17.9. The van der Waals surface area contributed by atoms with Gasteiger partial charge in [0, 0.05) is 49.4 Å². The van der Waals surface area contributed by atoms with Crippen molar-refractivity contribution in [1.29, 1.82) is 0 Å². The van der Waals surface area contributed by atoms with Crippen molar-refractivity contribution in [3.05, 3.63) is 59.0 Å². The summed E-state index contributed by atoms with van der Waals surface area (Å²) in [6.45, 7) is 2.65. The summed E-state index contributed by atoms with van der Waals surface area (Å²) < 4.78 is 7.38. The number of nitrogens with zero attached hydrogens (tertiary/aromatic N) is 4. The summed E-state index contributed by atoms with van der Waals surface area (Å²) in [6.07, 6.45) is 2.66. The number of carbonyl (C=O) groups excluding carboxylic acids is 1. The van der Waals surface area contributed by atoms with Crippen LogP contribution in [0.15, 0.2) is 42.6 Å². The van der Waals surface area contributed by atoms with Crippen LogP contribution in [0.3, 0.4) is 0 Å². The van der Waals surface area contributed by atoms with Crippen molar-refractivity contribution in [3.63, 3.8) is 0 Å². The maximum atomic E-state index is 12.8. The molecule has 1 aromatic carbocycles. The van der Waals surface area contributed by atoms with Gasteiger partial charge < -0.3 is 14.2 Å². The van der Waals surface area contributed by atoms with E-state index in [2.05, 4.69) is 9.55 Å².